The van der Waals surface area contributed by atoms with Crippen molar-refractivity contribution >= 4 is 34.5 Å². The first-order chi connectivity index (χ1) is 15.6. The van der Waals surface area contributed by atoms with E-state index in [0.717, 1.165) is 28.3 Å². The quantitative estimate of drug-likeness (QED) is 0.380. The number of hydrogen-bond donors (Lipinski definition) is 2. The SMILES string of the molecule is COc1cc2c(Nc3ccc(/C=C/C(=O)O)cc3)ncnc2cc1OCc1ccccc1. The highest BCUT2D eigenvalue weighted by molar-refractivity contribution is 5.93. The van der Waals surface area contributed by atoms with Crippen molar-refractivity contribution in [3.63, 3.8) is 0 Å². The highest BCUT2D eigenvalue weighted by atomic mass is 16.5. The molecule has 7 heteroatoms. The summed E-state index contributed by atoms with van der Waals surface area (Å²) in [6.07, 6.45) is 4.13. The van der Waals surface area contributed by atoms with Gasteiger partial charge in [0.15, 0.2) is 11.5 Å². The Balaban J connectivity index is 1.58. The molecule has 0 aliphatic heterocycles. The van der Waals surface area contributed by atoms with Gasteiger partial charge in [-0.1, -0.05) is 42.5 Å². The van der Waals surface area contributed by atoms with Crippen LogP contribution in [0.4, 0.5) is 11.5 Å². The largest absolute Gasteiger partial charge is 0.493 e. The number of hydrogen-bond acceptors (Lipinski definition) is 6. The molecule has 0 atom stereocenters. The fraction of sp³-hybridized carbons (Fsp3) is 0.0800. The third-order valence-corrected chi connectivity index (χ3v) is 4.75. The molecule has 160 valence electrons. The minimum atomic E-state index is -0.985. The van der Waals surface area contributed by atoms with E-state index >= 15 is 0 Å². The van der Waals surface area contributed by atoms with Crippen molar-refractivity contribution in [2.45, 2.75) is 6.61 Å². The Morgan fingerprint density at radius 1 is 1.03 bits per heavy atom. The standard InChI is InChI=1S/C25H21N3O4/c1-31-22-13-20-21(14-23(22)32-15-18-5-3-2-4-6-18)26-16-27-25(20)28-19-10-7-17(8-11-19)9-12-24(29)30/h2-14,16H,15H2,1H3,(H,29,30)(H,26,27,28)/b12-9+. The van der Waals surface area contributed by atoms with Crippen molar-refractivity contribution in [2.24, 2.45) is 0 Å². The molecule has 2 N–H and O–H groups in total. The summed E-state index contributed by atoms with van der Waals surface area (Å²) in [4.78, 5) is 19.4. The van der Waals surface area contributed by atoms with Crippen LogP contribution in [0, 0.1) is 0 Å². The fourth-order valence-electron chi connectivity index (χ4n) is 3.15. The molecule has 3 aromatic carbocycles. The molecule has 32 heavy (non-hydrogen) atoms. The van der Waals surface area contributed by atoms with Crippen LogP contribution in [0.25, 0.3) is 17.0 Å². The van der Waals surface area contributed by atoms with E-state index in [4.69, 9.17) is 14.6 Å². The first-order valence-corrected chi connectivity index (χ1v) is 9.90. The monoisotopic (exact) mass is 427 g/mol. The summed E-state index contributed by atoms with van der Waals surface area (Å²) >= 11 is 0. The van der Waals surface area contributed by atoms with Gasteiger partial charge in [-0.15, -0.1) is 0 Å². The van der Waals surface area contributed by atoms with E-state index < -0.39 is 5.97 Å². The number of benzene rings is 3. The van der Waals surface area contributed by atoms with E-state index in [1.165, 1.54) is 12.4 Å². The Hall–Kier alpha value is -4.39. The van der Waals surface area contributed by atoms with E-state index in [0.29, 0.717) is 29.4 Å². The molecule has 0 fully saturated rings. The zero-order chi connectivity index (χ0) is 22.3. The van der Waals surface area contributed by atoms with Crippen molar-refractivity contribution in [2.75, 3.05) is 12.4 Å². The molecule has 4 aromatic rings. The number of fused-ring (bicyclic) bond motifs is 1. The van der Waals surface area contributed by atoms with Gasteiger partial charge < -0.3 is 19.9 Å². The van der Waals surface area contributed by atoms with Crippen molar-refractivity contribution in [3.05, 3.63) is 90.3 Å². The number of aliphatic carboxylic acids is 1. The van der Waals surface area contributed by atoms with Gasteiger partial charge in [0.25, 0.3) is 0 Å². The second-order valence-electron chi connectivity index (χ2n) is 6.94. The summed E-state index contributed by atoms with van der Waals surface area (Å²) in [5.41, 5.74) is 3.36. The average molecular weight is 427 g/mol. The number of rotatable bonds is 8. The molecule has 0 saturated carbocycles. The summed E-state index contributed by atoms with van der Waals surface area (Å²) in [6.45, 7) is 0.418. The maximum Gasteiger partial charge on any atom is 0.328 e. The van der Waals surface area contributed by atoms with Crippen LogP contribution in [-0.4, -0.2) is 28.2 Å². The zero-order valence-electron chi connectivity index (χ0n) is 17.4. The zero-order valence-corrected chi connectivity index (χ0v) is 17.4. The number of nitrogens with one attached hydrogen (secondary N) is 1. The maximum absolute atomic E-state index is 10.7. The lowest BCUT2D eigenvalue weighted by molar-refractivity contribution is -0.131. The van der Waals surface area contributed by atoms with E-state index in [2.05, 4.69) is 15.3 Å². The molecule has 1 heterocycles. The van der Waals surface area contributed by atoms with Gasteiger partial charge in [0.2, 0.25) is 0 Å². The van der Waals surface area contributed by atoms with Crippen molar-refractivity contribution < 1.29 is 19.4 Å². The molecule has 0 radical (unpaired) electrons. The van der Waals surface area contributed by atoms with Gasteiger partial charge >= 0.3 is 5.97 Å². The molecule has 0 saturated heterocycles. The van der Waals surface area contributed by atoms with Gasteiger partial charge in [-0.2, -0.15) is 0 Å². The molecule has 0 aliphatic rings. The third kappa shape index (κ3) is 5.02. The lowest BCUT2D eigenvalue weighted by Gasteiger charge is -2.14. The summed E-state index contributed by atoms with van der Waals surface area (Å²) in [6, 6.07) is 20.9. The van der Waals surface area contributed by atoms with E-state index in [1.807, 2.05) is 66.7 Å². The summed E-state index contributed by atoms with van der Waals surface area (Å²) in [7, 11) is 1.59. The number of methoxy groups -OCH3 is 1. The molecule has 0 unspecified atom stereocenters. The molecule has 0 spiro atoms. The van der Waals surface area contributed by atoms with Crippen LogP contribution >= 0.6 is 0 Å². The summed E-state index contributed by atoms with van der Waals surface area (Å²) < 4.78 is 11.5. The number of carbonyl (C=O) groups is 1. The molecule has 1 aromatic heterocycles. The third-order valence-electron chi connectivity index (χ3n) is 4.75. The molecule has 0 aliphatic carbocycles. The van der Waals surface area contributed by atoms with Crippen LogP contribution in [0.1, 0.15) is 11.1 Å². The van der Waals surface area contributed by atoms with Crippen LogP contribution in [0.15, 0.2) is 79.1 Å². The van der Waals surface area contributed by atoms with Gasteiger partial charge in [0.05, 0.1) is 12.6 Å². The smallest absolute Gasteiger partial charge is 0.328 e. The Bertz CT molecular complexity index is 1260. The Morgan fingerprint density at radius 3 is 2.53 bits per heavy atom. The minimum Gasteiger partial charge on any atom is -0.493 e. The Labute approximate surface area is 185 Å². The second kappa shape index (κ2) is 9.61. The average Bonchev–Trinajstić information content (AvgIpc) is 2.82. The van der Waals surface area contributed by atoms with Gasteiger partial charge in [-0.3, -0.25) is 0 Å². The van der Waals surface area contributed by atoms with Crippen LogP contribution in [-0.2, 0) is 11.4 Å². The fourth-order valence-corrected chi connectivity index (χ4v) is 3.15. The van der Waals surface area contributed by atoms with Gasteiger partial charge in [0.1, 0.15) is 18.8 Å². The van der Waals surface area contributed by atoms with Gasteiger partial charge in [-0.25, -0.2) is 14.8 Å². The van der Waals surface area contributed by atoms with E-state index in [9.17, 15) is 4.79 Å². The summed E-state index contributed by atoms with van der Waals surface area (Å²) in [5, 5.41) is 12.8. The first-order valence-electron chi connectivity index (χ1n) is 9.90. The number of carboxylic acids is 1. The minimum absolute atomic E-state index is 0.418. The Morgan fingerprint density at radius 2 is 1.81 bits per heavy atom. The number of nitrogens with zero attached hydrogens (tertiary/aromatic N) is 2. The van der Waals surface area contributed by atoms with E-state index in [-0.39, 0.29) is 0 Å². The number of anilines is 2. The van der Waals surface area contributed by atoms with Gasteiger partial charge in [0, 0.05) is 23.2 Å². The van der Waals surface area contributed by atoms with E-state index in [1.54, 1.807) is 7.11 Å². The predicted molar refractivity (Wildman–Crippen MR) is 123 cm³/mol. The Kier molecular flexibility index (Phi) is 6.27. The van der Waals surface area contributed by atoms with Crippen molar-refractivity contribution in [3.8, 4) is 11.5 Å². The molecular weight excluding hydrogens is 406 g/mol. The molecule has 4 rings (SSSR count). The lowest BCUT2D eigenvalue weighted by Crippen LogP contribution is -2.00. The van der Waals surface area contributed by atoms with Crippen LogP contribution in [0.2, 0.25) is 0 Å². The predicted octanol–water partition coefficient (Wildman–Crippen LogP) is 5.06. The van der Waals surface area contributed by atoms with Crippen molar-refractivity contribution in [1.29, 1.82) is 0 Å². The van der Waals surface area contributed by atoms with Crippen molar-refractivity contribution in [1.82, 2.24) is 9.97 Å². The number of aromatic nitrogens is 2. The number of carboxylic acid groups (broad SMARTS) is 1. The maximum atomic E-state index is 10.7. The van der Waals surface area contributed by atoms with Crippen LogP contribution in [0.5, 0.6) is 11.5 Å². The summed E-state index contributed by atoms with van der Waals surface area (Å²) in [5.74, 6) is 0.820. The first kappa shape index (κ1) is 20.9. The number of ether oxygens (including phenoxy) is 2. The van der Waals surface area contributed by atoms with Crippen LogP contribution < -0.4 is 14.8 Å². The molecule has 7 nitrogen and oxygen atoms in total. The normalized spacial score (nSPS) is 10.9. The lowest BCUT2D eigenvalue weighted by atomic mass is 10.1. The topological polar surface area (TPSA) is 93.6 Å². The van der Waals surface area contributed by atoms with Gasteiger partial charge in [-0.05, 0) is 35.4 Å². The second-order valence-corrected chi connectivity index (χ2v) is 6.94. The molecule has 0 amide bonds. The highest BCUT2D eigenvalue weighted by Crippen LogP contribution is 2.35. The van der Waals surface area contributed by atoms with Crippen LogP contribution in [0.3, 0.4) is 0 Å². The highest BCUT2D eigenvalue weighted by Gasteiger charge is 2.12. The molecular formula is C25H21N3O4. The molecule has 0 bridgehead atoms.